The molecule has 0 bridgehead atoms. The molecule has 2 N–H and O–H groups in total. The van der Waals surface area contributed by atoms with Crippen LogP contribution in [0.15, 0.2) is 18.2 Å². The highest BCUT2D eigenvalue weighted by Crippen LogP contribution is 2.35. The van der Waals surface area contributed by atoms with Crippen molar-refractivity contribution in [3.05, 3.63) is 33.8 Å². The lowest BCUT2D eigenvalue weighted by molar-refractivity contribution is 0.0565. The van der Waals surface area contributed by atoms with Gasteiger partial charge in [0.2, 0.25) is 0 Å². The molecule has 1 aliphatic rings. The maximum atomic E-state index is 11.2. The summed E-state index contributed by atoms with van der Waals surface area (Å²) in [4.78, 5) is 12.6. The zero-order chi connectivity index (χ0) is 14.2. The minimum atomic E-state index is -1.01. The summed E-state index contributed by atoms with van der Waals surface area (Å²) in [6.45, 7) is 1.84. The van der Waals surface area contributed by atoms with Gasteiger partial charge in [-0.3, -0.25) is 4.90 Å². The van der Waals surface area contributed by atoms with Crippen LogP contribution in [0.2, 0.25) is 10.0 Å². The number of likely N-dealkylation sites (tertiary alicyclic amines) is 1. The number of carboxylic acid groups (broad SMARTS) is 1. The Morgan fingerprint density at radius 3 is 2.63 bits per heavy atom. The van der Waals surface area contributed by atoms with Crippen LogP contribution in [-0.4, -0.2) is 33.3 Å². The van der Waals surface area contributed by atoms with E-state index in [2.05, 4.69) is 0 Å². The van der Waals surface area contributed by atoms with E-state index in [4.69, 9.17) is 23.2 Å². The van der Waals surface area contributed by atoms with Gasteiger partial charge in [0.05, 0.1) is 22.2 Å². The average molecular weight is 304 g/mol. The molecule has 1 amide bonds. The summed E-state index contributed by atoms with van der Waals surface area (Å²) in [5.41, 5.74) is 0.583. The van der Waals surface area contributed by atoms with Crippen molar-refractivity contribution in [3.8, 4) is 0 Å². The second-order valence-electron chi connectivity index (χ2n) is 4.80. The lowest BCUT2D eigenvalue weighted by Crippen LogP contribution is -2.42. The number of aliphatic hydroxyl groups excluding tert-OH is 1. The number of hydrogen-bond donors (Lipinski definition) is 2. The summed E-state index contributed by atoms with van der Waals surface area (Å²) in [5, 5.41) is 20.3. The number of halogens is 2. The van der Waals surface area contributed by atoms with Crippen LogP contribution in [0.25, 0.3) is 0 Å². The van der Waals surface area contributed by atoms with Gasteiger partial charge in [0.1, 0.15) is 0 Å². The Bertz CT molecular complexity index is 495. The summed E-state index contributed by atoms with van der Waals surface area (Å²) >= 11 is 11.7. The van der Waals surface area contributed by atoms with Crippen molar-refractivity contribution < 1.29 is 15.0 Å². The molecular weight excluding hydrogens is 289 g/mol. The molecule has 0 aromatic heterocycles. The van der Waals surface area contributed by atoms with Crippen molar-refractivity contribution in [1.29, 1.82) is 0 Å². The van der Waals surface area contributed by atoms with Crippen LogP contribution in [0.5, 0.6) is 0 Å². The molecule has 3 atom stereocenters. The van der Waals surface area contributed by atoms with Crippen LogP contribution >= 0.6 is 23.2 Å². The van der Waals surface area contributed by atoms with Gasteiger partial charge in [0, 0.05) is 6.04 Å². The van der Waals surface area contributed by atoms with Crippen LogP contribution in [0.1, 0.15) is 31.4 Å². The Labute approximate surface area is 121 Å². The maximum absolute atomic E-state index is 11.2. The van der Waals surface area contributed by atoms with E-state index in [9.17, 15) is 15.0 Å². The smallest absolute Gasteiger partial charge is 0.407 e. The van der Waals surface area contributed by atoms with Gasteiger partial charge in [-0.15, -0.1) is 0 Å². The number of benzene rings is 1. The molecule has 1 aliphatic heterocycles. The van der Waals surface area contributed by atoms with E-state index >= 15 is 0 Å². The van der Waals surface area contributed by atoms with Gasteiger partial charge < -0.3 is 10.2 Å². The standard InChI is InChI=1S/C13H15Cl2NO3/c1-7-2-5-11(16(7)13(18)19)12(17)8-3-4-9(14)10(15)6-8/h3-4,6-7,11-12,17H,2,5H2,1H3,(H,18,19)/t7-,11-,12-/m0/s1. The third-order valence-electron chi connectivity index (χ3n) is 3.58. The first kappa shape index (κ1) is 14.4. The molecule has 0 saturated carbocycles. The summed E-state index contributed by atoms with van der Waals surface area (Å²) < 4.78 is 0. The molecule has 1 aromatic carbocycles. The predicted molar refractivity (Wildman–Crippen MR) is 73.8 cm³/mol. The zero-order valence-electron chi connectivity index (χ0n) is 10.4. The third kappa shape index (κ3) is 2.81. The molecule has 1 aromatic rings. The number of nitrogens with zero attached hydrogens (tertiary/aromatic N) is 1. The maximum Gasteiger partial charge on any atom is 0.407 e. The molecule has 1 fully saturated rings. The fraction of sp³-hybridized carbons (Fsp3) is 0.462. The van der Waals surface area contributed by atoms with E-state index in [1.165, 1.54) is 4.90 Å². The minimum absolute atomic E-state index is 0.0834. The molecule has 4 nitrogen and oxygen atoms in total. The van der Waals surface area contributed by atoms with Crippen molar-refractivity contribution in [1.82, 2.24) is 4.90 Å². The number of hydrogen-bond acceptors (Lipinski definition) is 2. The largest absolute Gasteiger partial charge is 0.465 e. The van der Waals surface area contributed by atoms with E-state index in [1.807, 2.05) is 6.92 Å². The molecule has 0 aliphatic carbocycles. The SMILES string of the molecule is C[C@H]1CC[C@@H]([C@@H](O)c2ccc(Cl)c(Cl)c2)N1C(=O)O. The third-order valence-corrected chi connectivity index (χ3v) is 4.32. The lowest BCUT2D eigenvalue weighted by Gasteiger charge is -2.29. The molecule has 104 valence electrons. The van der Waals surface area contributed by atoms with Crippen molar-refractivity contribution in [3.63, 3.8) is 0 Å². The second kappa shape index (κ2) is 5.57. The number of amides is 1. The van der Waals surface area contributed by atoms with Crippen molar-refractivity contribution >= 4 is 29.3 Å². The van der Waals surface area contributed by atoms with Gasteiger partial charge in [0.25, 0.3) is 0 Å². The van der Waals surface area contributed by atoms with Crippen LogP contribution in [0, 0.1) is 0 Å². The van der Waals surface area contributed by atoms with Gasteiger partial charge in [-0.1, -0.05) is 29.3 Å². The van der Waals surface area contributed by atoms with Crippen LogP contribution in [0.4, 0.5) is 4.79 Å². The first-order valence-electron chi connectivity index (χ1n) is 6.06. The number of rotatable bonds is 2. The molecule has 1 saturated heterocycles. The Morgan fingerprint density at radius 1 is 1.37 bits per heavy atom. The van der Waals surface area contributed by atoms with Crippen LogP contribution in [0.3, 0.4) is 0 Å². The highest BCUT2D eigenvalue weighted by atomic mass is 35.5. The Kier molecular flexibility index (Phi) is 4.23. The monoisotopic (exact) mass is 303 g/mol. The van der Waals surface area contributed by atoms with E-state index in [-0.39, 0.29) is 6.04 Å². The molecule has 1 heterocycles. The highest BCUT2D eigenvalue weighted by molar-refractivity contribution is 6.42. The molecule has 2 rings (SSSR count). The van der Waals surface area contributed by atoms with Crippen LogP contribution in [-0.2, 0) is 0 Å². The van der Waals surface area contributed by atoms with Crippen molar-refractivity contribution in [2.75, 3.05) is 0 Å². The van der Waals surface area contributed by atoms with E-state index in [0.717, 1.165) is 6.42 Å². The molecule has 0 spiro atoms. The summed E-state index contributed by atoms with van der Waals surface area (Å²) in [6, 6.07) is 4.33. The molecule has 0 unspecified atom stereocenters. The van der Waals surface area contributed by atoms with Crippen molar-refractivity contribution in [2.24, 2.45) is 0 Å². The summed E-state index contributed by atoms with van der Waals surface area (Å²) in [6.07, 6.45) is -0.519. The Hall–Kier alpha value is -0.970. The number of aliphatic hydroxyl groups is 1. The first-order chi connectivity index (χ1) is 8.91. The zero-order valence-corrected chi connectivity index (χ0v) is 11.9. The first-order valence-corrected chi connectivity index (χ1v) is 6.81. The Morgan fingerprint density at radius 2 is 2.05 bits per heavy atom. The second-order valence-corrected chi connectivity index (χ2v) is 5.62. The molecule has 0 radical (unpaired) electrons. The fourth-order valence-electron chi connectivity index (χ4n) is 2.58. The molecule has 19 heavy (non-hydrogen) atoms. The lowest BCUT2D eigenvalue weighted by atomic mass is 10.0. The predicted octanol–water partition coefficient (Wildman–Crippen LogP) is 3.56. The van der Waals surface area contributed by atoms with Gasteiger partial charge in [-0.2, -0.15) is 0 Å². The minimum Gasteiger partial charge on any atom is -0.465 e. The number of carbonyl (C=O) groups is 1. The van der Waals surface area contributed by atoms with Gasteiger partial charge in [0.15, 0.2) is 0 Å². The fourth-order valence-corrected chi connectivity index (χ4v) is 2.88. The average Bonchev–Trinajstić information content (AvgIpc) is 2.74. The Balaban J connectivity index is 2.25. The van der Waals surface area contributed by atoms with Gasteiger partial charge in [-0.05, 0) is 37.5 Å². The van der Waals surface area contributed by atoms with E-state index in [0.29, 0.717) is 22.0 Å². The topological polar surface area (TPSA) is 60.8 Å². The summed E-state index contributed by atoms with van der Waals surface area (Å²) in [5.74, 6) is 0. The van der Waals surface area contributed by atoms with Gasteiger partial charge >= 0.3 is 6.09 Å². The molecule has 6 heteroatoms. The van der Waals surface area contributed by atoms with E-state index < -0.39 is 18.2 Å². The van der Waals surface area contributed by atoms with Crippen molar-refractivity contribution in [2.45, 2.75) is 38.0 Å². The highest BCUT2D eigenvalue weighted by Gasteiger charge is 2.39. The van der Waals surface area contributed by atoms with Crippen LogP contribution < -0.4 is 0 Å². The quantitative estimate of drug-likeness (QED) is 0.878. The normalized spacial score (nSPS) is 24.5. The molecular formula is C13H15Cl2NO3. The van der Waals surface area contributed by atoms with E-state index in [1.54, 1.807) is 18.2 Å². The summed E-state index contributed by atoms with van der Waals surface area (Å²) in [7, 11) is 0. The van der Waals surface area contributed by atoms with Gasteiger partial charge in [-0.25, -0.2) is 4.79 Å².